The van der Waals surface area contributed by atoms with Gasteiger partial charge < -0.3 is 19.8 Å². The summed E-state index contributed by atoms with van der Waals surface area (Å²) >= 11 is 6.95. The Kier molecular flexibility index (Phi) is 7.48. The smallest absolute Gasteiger partial charge is 0.344 e. The fourth-order valence-corrected chi connectivity index (χ4v) is 4.03. The Balaban J connectivity index is 1.77. The third-order valence-corrected chi connectivity index (χ3v) is 5.17. The number of nitrogens with zero attached hydrogens (tertiary/aromatic N) is 1. The molecule has 0 radical (unpaired) electrons. The molecule has 0 aromatic heterocycles. The predicted molar refractivity (Wildman–Crippen MR) is 120 cm³/mol. The van der Waals surface area contributed by atoms with E-state index in [0.29, 0.717) is 32.4 Å². The molecule has 0 fully saturated rings. The highest BCUT2D eigenvalue weighted by atomic mass is 79.9. The van der Waals surface area contributed by atoms with Crippen molar-refractivity contribution in [3.63, 3.8) is 0 Å². The van der Waals surface area contributed by atoms with Gasteiger partial charge in [-0.25, -0.2) is 4.79 Å². The lowest BCUT2D eigenvalue weighted by Gasteiger charge is -2.13. The van der Waals surface area contributed by atoms with Gasteiger partial charge in [-0.05, 0) is 73.3 Å². The van der Waals surface area contributed by atoms with Crippen LogP contribution >= 0.6 is 31.9 Å². The first kappa shape index (κ1) is 21.9. The Hall–Kier alpha value is -2.84. The van der Waals surface area contributed by atoms with Crippen LogP contribution in [0.2, 0.25) is 0 Å². The molecule has 30 heavy (non-hydrogen) atoms. The number of hydrogen-bond donors (Lipinski definition) is 2. The van der Waals surface area contributed by atoms with Crippen molar-refractivity contribution >= 4 is 44.0 Å². The summed E-state index contributed by atoms with van der Waals surface area (Å²) in [6.07, 6.45) is 1.98. The Morgan fingerprint density at radius 1 is 1.03 bits per heavy atom. The summed E-state index contributed by atoms with van der Waals surface area (Å²) in [5.41, 5.74) is 2.52. The zero-order valence-corrected chi connectivity index (χ0v) is 18.8. The van der Waals surface area contributed by atoms with Gasteiger partial charge in [0.15, 0.2) is 5.75 Å². The Morgan fingerprint density at radius 2 is 1.73 bits per heavy atom. The van der Waals surface area contributed by atoms with E-state index in [9.17, 15) is 9.90 Å². The number of hydrogen-bond acceptors (Lipinski definition) is 5. The fraction of sp³-hybridized carbons (Fsp3) is 0.0909. The van der Waals surface area contributed by atoms with Gasteiger partial charge in [-0.1, -0.05) is 35.5 Å². The van der Waals surface area contributed by atoms with Gasteiger partial charge in [0.2, 0.25) is 6.61 Å². The van der Waals surface area contributed by atoms with Crippen LogP contribution in [-0.2, 0) is 16.1 Å². The summed E-state index contributed by atoms with van der Waals surface area (Å²) in [6.45, 7) is -0.508. The van der Waals surface area contributed by atoms with Gasteiger partial charge in [0, 0.05) is 12.0 Å². The lowest BCUT2D eigenvalue weighted by molar-refractivity contribution is -0.142. The molecule has 0 amide bonds. The first-order valence-electron chi connectivity index (χ1n) is 8.82. The number of phenols is 1. The average Bonchev–Trinajstić information content (AvgIpc) is 2.71. The highest BCUT2D eigenvalue weighted by Gasteiger charge is 2.12. The maximum absolute atomic E-state index is 10.4. The average molecular weight is 535 g/mol. The van der Waals surface area contributed by atoms with Gasteiger partial charge in [-0.15, -0.1) is 0 Å². The van der Waals surface area contributed by atoms with Crippen LogP contribution in [0.3, 0.4) is 0 Å². The van der Waals surface area contributed by atoms with Gasteiger partial charge in [0.25, 0.3) is 0 Å². The number of aromatic hydroxyl groups is 1. The van der Waals surface area contributed by atoms with Crippen LogP contribution in [0.5, 0.6) is 17.2 Å². The minimum absolute atomic E-state index is 0.206. The molecule has 0 saturated heterocycles. The molecule has 3 aromatic carbocycles. The molecule has 0 aliphatic heterocycles. The van der Waals surface area contributed by atoms with Gasteiger partial charge in [0.05, 0.1) is 15.2 Å². The van der Waals surface area contributed by atoms with E-state index >= 15 is 0 Å². The zero-order chi connectivity index (χ0) is 21.5. The fourth-order valence-electron chi connectivity index (χ4n) is 2.64. The second-order valence-electron chi connectivity index (χ2n) is 6.27. The number of halogens is 2. The molecule has 3 rings (SSSR count). The number of phenolic OH excluding ortho intramolecular Hbond substituents is 1. The first-order valence-corrected chi connectivity index (χ1v) is 10.4. The number of oxime groups is 1. The van der Waals surface area contributed by atoms with Crippen molar-refractivity contribution in [1.29, 1.82) is 0 Å². The van der Waals surface area contributed by atoms with E-state index in [1.807, 2.05) is 30.3 Å². The maximum atomic E-state index is 10.4. The second kappa shape index (κ2) is 10.3. The van der Waals surface area contributed by atoms with E-state index in [2.05, 4.69) is 41.9 Å². The molecule has 0 heterocycles. The Bertz CT molecular complexity index is 1050. The van der Waals surface area contributed by atoms with E-state index in [0.717, 1.165) is 11.1 Å². The molecule has 154 valence electrons. The standard InChI is InChI=1S/C22H17Br2NO5/c23-18-9-15(12-25-29-13-21(27)28)10-19(24)22(18)30-17-6-7-20(26)16(11-17)8-14-4-2-1-3-5-14/h1-7,9-12,26H,8,13H2,(H,27,28)/b25-12-. The van der Waals surface area contributed by atoms with Crippen molar-refractivity contribution in [3.8, 4) is 17.2 Å². The Morgan fingerprint density at radius 3 is 2.40 bits per heavy atom. The number of rotatable bonds is 8. The minimum Gasteiger partial charge on any atom is -0.508 e. The summed E-state index contributed by atoms with van der Waals surface area (Å²) in [5, 5.41) is 22.4. The van der Waals surface area contributed by atoms with Crippen LogP contribution < -0.4 is 4.74 Å². The molecule has 2 N–H and O–H groups in total. The van der Waals surface area contributed by atoms with Crippen molar-refractivity contribution in [1.82, 2.24) is 0 Å². The number of benzene rings is 3. The molecule has 0 atom stereocenters. The molecular weight excluding hydrogens is 518 g/mol. The molecule has 0 spiro atoms. The molecule has 3 aromatic rings. The van der Waals surface area contributed by atoms with Crippen LogP contribution in [0.25, 0.3) is 0 Å². The summed E-state index contributed by atoms with van der Waals surface area (Å²) < 4.78 is 7.35. The van der Waals surface area contributed by atoms with Crippen LogP contribution in [0.4, 0.5) is 0 Å². The minimum atomic E-state index is -1.10. The van der Waals surface area contributed by atoms with Crippen molar-refractivity contribution in [3.05, 3.63) is 86.3 Å². The molecule has 0 aliphatic rings. The SMILES string of the molecule is O=C(O)CO/N=C\c1cc(Br)c(Oc2ccc(O)c(Cc3ccccc3)c2)c(Br)c1. The number of carboxylic acid groups (broad SMARTS) is 1. The topological polar surface area (TPSA) is 88.4 Å². The monoisotopic (exact) mass is 533 g/mol. The number of aliphatic carboxylic acids is 1. The largest absolute Gasteiger partial charge is 0.508 e. The van der Waals surface area contributed by atoms with Crippen molar-refractivity contribution in [2.24, 2.45) is 5.16 Å². The summed E-state index contributed by atoms with van der Waals surface area (Å²) in [5.74, 6) is 0.234. The van der Waals surface area contributed by atoms with Gasteiger partial charge in [-0.2, -0.15) is 0 Å². The number of ether oxygens (including phenoxy) is 1. The third-order valence-electron chi connectivity index (χ3n) is 3.99. The first-order chi connectivity index (χ1) is 14.4. The highest BCUT2D eigenvalue weighted by Crippen LogP contribution is 2.38. The van der Waals surface area contributed by atoms with Gasteiger partial charge >= 0.3 is 5.97 Å². The number of carboxylic acids is 1. The van der Waals surface area contributed by atoms with E-state index in [1.165, 1.54) is 6.21 Å². The van der Waals surface area contributed by atoms with E-state index in [1.54, 1.807) is 30.3 Å². The second-order valence-corrected chi connectivity index (χ2v) is 7.98. The normalized spacial score (nSPS) is 10.9. The third kappa shape index (κ3) is 6.08. The van der Waals surface area contributed by atoms with Crippen LogP contribution in [0.15, 0.2) is 74.8 Å². The molecule has 0 saturated carbocycles. The van der Waals surface area contributed by atoms with Crippen LogP contribution in [-0.4, -0.2) is 29.0 Å². The molecule has 0 aliphatic carbocycles. The van der Waals surface area contributed by atoms with Crippen molar-refractivity contribution < 1.29 is 24.6 Å². The van der Waals surface area contributed by atoms with E-state index in [-0.39, 0.29) is 5.75 Å². The van der Waals surface area contributed by atoms with Crippen LogP contribution in [0.1, 0.15) is 16.7 Å². The van der Waals surface area contributed by atoms with Crippen molar-refractivity contribution in [2.45, 2.75) is 6.42 Å². The van der Waals surface area contributed by atoms with Gasteiger partial charge in [-0.3, -0.25) is 0 Å². The van der Waals surface area contributed by atoms with E-state index < -0.39 is 12.6 Å². The summed E-state index contributed by atoms with van der Waals surface area (Å²) in [7, 11) is 0. The quantitative estimate of drug-likeness (QED) is 0.284. The predicted octanol–water partition coefficient (Wildman–Crippen LogP) is 5.74. The molecule has 0 bridgehead atoms. The zero-order valence-electron chi connectivity index (χ0n) is 15.6. The summed E-state index contributed by atoms with van der Waals surface area (Å²) in [6, 6.07) is 18.5. The highest BCUT2D eigenvalue weighted by molar-refractivity contribution is 9.11. The van der Waals surface area contributed by atoms with Crippen LogP contribution in [0, 0.1) is 0 Å². The Labute approximate surface area is 190 Å². The maximum Gasteiger partial charge on any atom is 0.344 e. The van der Waals surface area contributed by atoms with Crippen molar-refractivity contribution in [2.75, 3.05) is 6.61 Å². The molecular formula is C22H17Br2NO5. The number of carbonyl (C=O) groups is 1. The van der Waals surface area contributed by atoms with Gasteiger partial charge in [0.1, 0.15) is 11.5 Å². The lowest BCUT2D eigenvalue weighted by Crippen LogP contribution is -2.03. The van der Waals surface area contributed by atoms with E-state index in [4.69, 9.17) is 9.84 Å². The lowest BCUT2D eigenvalue weighted by atomic mass is 10.0. The molecule has 8 heteroatoms. The molecule has 0 unspecified atom stereocenters. The summed E-state index contributed by atoms with van der Waals surface area (Å²) in [4.78, 5) is 15.1. The molecule has 6 nitrogen and oxygen atoms in total.